The predicted octanol–water partition coefficient (Wildman–Crippen LogP) is 3.60. The average molecular weight is 300 g/mol. The fourth-order valence-electron chi connectivity index (χ4n) is 1.76. The predicted molar refractivity (Wildman–Crippen MR) is 84.4 cm³/mol. The van der Waals surface area contributed by atoms with Crippen LogP contribution in [-0.4, -0.2) is 17.3 Å². The first-order chi connectivity index (χ1) is 10.1. The number of aliphatic hydroxyl groups excluding tert-OH is 1. The number of carbonyl (C=O) groups is 1. The van der Waals surface area contributed by atoms with Crippen molar-refractivity contribution in [3.05, 3.63) is 72.3 Å². The number of aliphatic hydroxyl groups is 1. The molecule has 1 unspecified atom stereocenters. The SMILES string of the molecule is C=C(C(=O)Sc1ccccc1)C(O)c1ccc(OC)cc1. The van der Waals surface area contributed by atoms with E-state index >= 15 is 0 Å². The quantitative estimate of drug-likeness (QED) is 0.677. The van der Waals surface area contributed by atoms with E-state index in [2.05, 4.69) is 6.58 Å². The number of hydrogen-bond donors (Lipinski definition) is 1. The van der Waals surface area contributed by atoms with E-state index in [4.69, 9.17) is 4.74 Å². The zero-order valence-electron chi connectivity index (χ0n) is 11.7. The smallest absolute Gasteiger partial charge is 0.222 e. The second-order valence-corrected chi connectivity index (χ2v) is 5.45. The molecule has 0 spiro atoms. The van der Waals surface area contributed by atoms with Gasteiger partial charge >= 0.3 is 0 Å². The molecular formula is C17H16O3S. The third kappa shape index (κ3) is 3.97. The van der Waals surface area contributed by atoms with E-state index < -0.39 is 6.10 Å². The second-order valence-electron chi connectivity index (χ2n) is 4.40. The Balaban J connectivity index is 2.05. The Bertz CT molecular complexity index is 620. The molecule has 1 N–H and O–H groups in total. The van der Waals surface area contributed by atoms with Gasteiger partial charge in [0.05, 0.1) is 7.11 Å². The van der Waals surface area contributed by atoms with Crippen LogP contribution < -0.4 is 4.74 Å². The molecular weight excluding hydrogens is 284 g/mol. The first-order valence-electron chi connectivity index (χ1n) is 6.40. The minimum Gasteiger partial charge on any atom is -0.497 e. The summed E-state index contributed by atoms with van der Waals surface area (Å²) >= 11 is 1.06. The molecule has 0 bridgehead atoms. The van der Waals surface area contributed by atoms with Crippen LogP contribution in [-0.2, 0) is 4.79 Å². The largest absolute Gasteiger partial charge is 0.497 e. The van der Waals surface area contributed by atoms with Gasteiger partial charge in [0, 0.05) is 10.5 Å². The number of thioether (sulfide) groups is 1. The molecule has 2 aromatic rings. The van der Waals surface area contributed by atoms with Crippen LogP contribution in [0, 0.1) is 0 Å². The van der Waals surface area contributed by atoms with Crippen molar-refractivity contribution in [2.45, 2.75) is 11.0 Å². The number of methoxy groups -OCH3 is 1. The Hall–Kier alpha value is -2.04. The third-order valence-electron chi connectivity index (χ3n) is 2.98. The van der Waals surface area contributed by atoms with Gasteiger partial charge in [0.25, 0.3) is 0 Å². The zero-order chi connectivity index (χ0) is 15.2. The summed E-state index contributed by atoms with van der Waals surface area (Å²) in [7, 11) is 1.57. The van der Waals surface area contributed by atoms with Crippen LogP contribution in [0.4, 0.5) is 0 Å². The van der Waals surface area contributed by atoms with Crippen molar-refractivity contribution in [1.82, 2.24) is 0 Å². The molecule has 3 nitrogen and oxygen atoms in total. The Morgan fingerprint density at radius 2 is 1.76 bits per heavy atom. The highest BCUT2D eigenvalue weighted by molar-refractivity contribution is 8.14. The average Bonchev–Trinajstić information content (AvgIpc) is 2.54. The van der Waals surface area contributed by atoms with Crippen molar-refractivity contribution in [2.24, 2.45) is 0 Å². The minimum atomic E-state index is -1.01. The molecule has 0 saturated heterocycles. The molecule has 108 valence electrons. The lowest BCUT2D eigenvalue weighted by molar-refractivity contribution is -0.108. The van der Waals surface area contributed by atoms with Crippen LogP contribution in [0.25, 0.3) is 0 Å². The Labute approximate surface area is 128 Å². The van der Waals surface area contributed by atoms with Gasteiger partial charge in [0.2, 0.25) is 5.12 Å². The molecule has 0 aliphatic rings. The van der Waals surface area contributed by atoms with Crippen LogP contribution in [0.15, 0.2) is 71.6 Å². The summed E-state index contributed by atoms with van der Waals surface area (Å²) in [5.41, 5.74) is 0.775. The van der Waals surface area contributed by atoms with Crippen LogP contribution >= 0.6 is 11.8 Å². The monoisotopic (exact) mass is 300 g/mol. The highest BCUT2D eigenvalue weighted by atomic mass is 32.2. The Kier molecular flexibility index (Phi) is 5.20. The highest BCUT2D eigenvalue weighted by Crippen LogP contribution is 2.29. The number of carbonyl (C=O) groups excluding carboxylic acids is 1. The van der Waals surface area contributed by atoms with E-state index in [9.17, 15) is 9.90 Å². The maximum absolute atomic E-state index is 12.1. The Morgan fingerprint density at radius 3 is 2.33 bits per heavy atom. The molecule has 0 aromatic heterocycles. The van der Waals surface area contributed by atoms with E-state index in [1.807, 2.05) is 30.3 Å². The van der Waals surface area contributed by atoms with Gasteiger partial charge in [0.1, 0.15) is 11.9 Å². The molecule has 1 atom stereocenters. The van der Waals surface area contributed by atoms with Gasteiger partial charge in [0.15, 0.2) is 0 Å². The molecule has 0 heterocycles. The van der Waals surface area contributed by atoms with Crippen molar-refractivity contribution in [3.63, 3.8) is 0 Å². The lowest BCUT2D eigenvalue weighted by Crippen LogP contribution is -2.07. The Morgan fingerprint density at radius 1 is 1.14 bits per heavy atom. The molecule has 0 aliphatic heterocycles. The van der Waals surface area contributed by atoms with E-state index in [-0.39, 0.29) is 10.7 Å². The standard InChI is InChI=1S/C17H16O3S/c1-12(17(19)21-15-6-4-3-5-7-15)16(18)13-8-10-14(20-2)11-9-13/h3-11,16,18H,1H2,2H3. The normalized spacial score (nSPS) is 11.7. The molecule has 0 saturated carbocycles. The summed E-state index contributed by atoms with van der Waals surface area (Å²) < 4.78 is 5.06. The lowest BCUT2D eigenvalue weighted by atomic mass is 10.0. The summed E-state index contributed by atoms with van der Waals surface area (Å²) in [6, 6.07) is 16.2. The van der Waals surface area contributed by atoms with Crippen LogP contribution in [0.1, 0.15) is 11.7 Å². The maximum Gasteiger partial charge on any atom is 0.222 e. The van der Waals surface area contributed by atoms with Gasteiger partial charge < -0.3 is 9.84 Å². The van der Waals surface area contributed by atoms with E-state index in [0.29, 0.717) is 11.3 Å². The molecule has 21 heavy (non-hydrogen) atoms. The van der Waals surface area contributed by atoms with Crippen LogP contribution in [0.2, 0.25) is 0 Å². The summed E-state index contributed by atoms with van der Waals surface area (Å²) in [5, 5.41) is 9.98. The van der Waals surface area contributed by atoms with Gasteiger partial charge in [-0.2, -0.15) is 0 Å². The third-order valence-corrected chi connectivity index (χ3v) is 3.93. The van der Waals surface area contributed by atoms with E-state index in [1.54, 1.807) is 31.4 Å². The number of hydrogen-bond acceptors (Lipinski definition) is 4. The summed E-state index contributed by atoms with van der Waals surface area (Å²) in [5.74, 6) is 0.696. The summed E-state index contributed by atoms with van der Waals surface area (Å²) in [4.78, 5) is 13.0. The molecule has 0 amide bonds. The van der Waals surface area contributed by atoms with Crippen molar-refractivity contribution < 1.29 is 14.6 Å². The van der Waals surface area contributed by atoms with E-state index in [0.717, 1.165) is 16.7 Å². The molecule has 2 aromatic carbocycles. The zero-order valence-corrected chi connectivity index (χ0v) is 12.5. The molecule has 0 fully saturated rings. The summed E-state index contributed by atoms with van der Waals surface area (Å²) in [6.45, 7) is 3.72. The van der Waals surface area contributed by atoms with Gasteiger partial charge in [-0.25, -0.2) is 0 Å². The molecule has 4 heteroatoms. The van der Waals surface area contributed by atoms with Gasteiger partial charge in [-0.1, -0.05) is 36.9 Å². The molecule has 0 aliphatic carbocycles. The van der Waals surface area contributed by atoms with Crippen molar-refractivity contribution in [3.8, 4) is 5.75 Å². The van der Waals surface area contributed by atoms with Crippen LogP contribution in [0.3, 0.4) is 0 Å². The van der Waals surface area contributed by atoms with Gasteiger partial charge in [-0.05, 0) is 41.6 Å². The van der Waals surface area contributed by atoms with Crippen LogP contribution in [0.5, 0.6) is 5.75 Å². The van der Waals surface area contributed by atoms with Gasteiger partial charge in [-0.3, -0.25) is 4.79 Å². The van der Waals surface area contributed by atoms with Crippen molar-refractivity contribution in [2.75, 3.05) is 7.11 Å². The van der Waals surface area contributed by atoms with Crippen molar-refractivity contribution in [1.29, 1.82) is 0 Å². The molecule has 0 radical (unpaired) electrons. The fraction of sp³-hybridized carbons (Fsp3) is 0.118. The lowest BCUT2D eigenvalue weighted by Gasteiger charge is -2.13. The maximum atomic E-state index is 12.1. The van der Waals surface area contributed by atoms with E-state index in [1.165, 1.54) is 0 Å². The number of rotatable bonds is 5. The van der Waals surface area contributed by atoms with Crippen molar-refractivity contribution >= 4 is 16.9 Å². The topological polar surface area (TPSA) is 46.5 Å². The summed E-state index contributed by atoms with van der Waals surface area (Å²) in [6.07, 6.45) is -1.01. The second kappa shape index (κ2) is 7.11. The number of benzene rings is 2. The number of ether oxygens (including phenoxy) is 1. The van der Waals surface area contributed by atoms with Gasteiger partial charge in [-0.15, -0.1) is 0 Å². The first-order valence-corrected chi connectivity index (χ1v) is 7.21. The molecule has 2 rings (SSSR count). The highest BCUT2D eigenvalue weighted by Gasteiger charge is 2.19. The fourth-order valence-corrected chi connectivity index (χ4v) is 2.51. The minimum absolute atomic E-state index is 0.161. The first kappa shape index (κ1) is 15.4.